The summed E-state index contributed by atoms with van der Waals surface area (Å²) in [5.74, 6) is 0. The maximum Gasteiger partial charge on any atom is 0.404 e. The van der Waals surface area contributed by atoms with Crippen LogP contribution in [0.25, 0.3) is 10.4 Å². The molecule has 0 radical (unpaired) electrons. The minimum atomic E-state index is -1.05. The van der Waals surface area contributed by atoms with E-state index in [0.29, 0.717) is 5.69 Å². The molecule has 2 rings (SSSR count). The fourth-order valence-corrected chi connectivity index (χ4v) is 2.27. The van der Waals surface area contributed by atoms with Gasteiger partial charge in [-0.2, -0.15) is 0 Å². The highest BCUT2D eigenvalue weighted by Crippen LogP contribution is 2.26. The predicted molar refractivity (Wildman–Crippen MR) is 67.8 cm³/mol. The molecule has 0 saturated heterocycles. The van der Waals surface area contributed by atoms with E-state index in [1.165, 1.54) is 11.3 Å². The zero-order valence-corrected chi connectivity index (χ0v) is 10.1. The van der Waals surface area contributed by atoms with Crippen LogP contribution in [0.3, 0.4) is 0 Å². The molecule has 0 atom stereocenters. The number of aromatic nitrogens is 1. The highest BCUT2D eigenvalue weighted by atomic mass is 32.1. The summed E-state index contributed by atoms with van der Waals surface area (Å²) in [6.45, 7) is 0.263. The van der Waals surface area contributed by atoms with Gasteiger partial charge in [0.2, 0.25) is 0 Å². The molecule has 18 heavy (non-hydrogen) atoms. The molecular formula is C12H10N2O3S. The topological polar surface area (TPSA) is 79.3 Å². The number of amides is 1. The Kier molecular flexibility index (Phi) is 3.69. The quantitative estimate of drug-likeness (QED) is 0.829. The zero-order valence-electron chi connectivity index (χ0n) is 9.29. The Morgan fingerprint density at radius 1 is 1.39 bits per heavy atom. The number of aldehydes is 1. The van der Waals surface area contributed by atoms with E-state index in [2.05, 4.69) is 10.3 Å². The molecule has 5 nitrogen and oxygen atoms in total. The summed E-state index contributed by atoms with van der Waals surface area (Å²) >= 11 is 1.40. The van der Waals surface area contributed by atoms with Crippen LogP contribution < -0.4 is 5.32 Å². The molecule has 6 heteroatoms. The summed E-state index contributed by atoms with van der Waals surface area (Å²) in [4.78, 5) is 25.9. The second kappa shape index (κ2) is 5.42. The van der Waals surface area contributed by atoms with Gasteiger partial charge in [-0.05, 0) is 11.1 Å². The molecule has 0 spiro atoms. The molecular weight excluding hydrogens is 252 g/mol. The molecule has 1 aromatic heterocycles. The van der Waals surface area contributed by atoms with Crippen LogP contribution in [0.4, 0.5) is 4.79 Å². The predicted octanol–water partition coefficient (Wildman–Crippen LogP) is 2.39. The van der Waals surface area contributed by atoms with Crippen molar-refractivity contribution in [2.75, 3.05) is 0 Å². The molecule has 0 bridgehead atoms. The van der Waals surface area contributed by atoms with Gasteiger partial charge in [0.05, 0.1) is 10.4 Å². The fourth-order valence-electron chi connectivity index (χ4n) is 1.51. The number of rotatable bonds is 4. The molecule has 1 amide bonds. The normalized spacial score (nSPS) is 10.0. The lowest BCUT2D eigenvalue weighted by Gasteiger charge is -2.03. The van der Waals surface area contributed by atoms with Crippen molar-refractivity contribution < 1.29 is 14.7 Å². The highest BCUT2D eigenvalue weighted by molar-refractivity contribution is 7.13. The Morgan fingerprint density at radius 3 is 2.72 bits per heavy atom. The van der Waals surface area contributed by atoms with Gasteiger partial charge in [-0.3, -0.25) is 4.79 Å². The minimum absolute atomic E-state index is 0.263. The van der Waals surface area contributed by atoms with Gasteiger partial charge in [-0.25, -0.2) is 9.78 Å². The van der Waals surface area contributed by atoms with E-state index >= 15 is 0 Å². The van der Waals surface area contributed by atoms with E-state index in [-0.39, 0.29) is 6.54 Å². The fraction of sp³-hybridized carbons (Fsp3) is 0.0833. The number of carbonyl (C=O) groups excluding carboxylic acids is 1. The van der Waals surface area contributed by atoms with E-state index in [4.69, 9.17) is 5.11 Å². The lowest BCUT2D eigenvalue weighted by atomic mass is 10.1. The van der Waals surface area contributed by atoms with Crippen molar-refractivity contribution in [3.05, 3.63) is 41.0 Å². The van der Waals surface area contributed by atoms with Crippen molar-refractivity contribution in [1.29, 1.82) is 0 Å². The van der Waals surface area contributed by atoms with Crippen LogP contribution >= 0.6 is 11.3 Å². The molecule has 92 valence electrons. The summed E-state index contributed by atoms with van der Waals surface area (Å²) < 4.78 is 0. The molecule has 2 N–H and O–H groups in total. The third kappa shape index (κ3) is 2.72. The first-order valence-corrected chi connectivity index (χ1v) is 6.03. The average Bonchev–Trinajstić information content (AvgIpc) is 2.85. The second-order valence-electron chi connectivity index (χ2n) is 3.54. The Morgan fingerprint density at radius 2 is 2.11 bits per heavy atom. The summed E-state index contributed by atoms with van der Waals surface area (Å²) in [5.41, 5.74) is 3.81. The van der Waals surface area contributed by atoms with Crippen molar-refractivity contribution in [3.63, 3.8) is 0 Å². The first kappa shape index (κ1) is 12.3. The zero-order chi connectivity index (χ0) is 13.0. The van der Waals surface area contributed by atoms with Gasteiger partial charge in [-0.15, -0.1) is 11.3 Å². The molecule has 0 saturated carbocycles. The third-order valence-corrected chi connectivity index (χ3v) is 3.26. The van der Waals surface area contributed by atoms with Crippen LogP contribution in [0, 0.1) is 0 Å². The van der Waals surface area contributed by atoms with Gasteiger partial charge in [0.15, 0.2) is 6.29 Å². The first-order chi connectivity index (χ1) is 8.70. The van der Waals surface area contributed by atoms with Crippen LogP contribution in [0.15, 0.2) is 29.8 Å². The monoisotopic (exact) mass is 262 g/mol. The van der Waals surface area contributed by atoms with Crippen molar-refractivity contribution in [1.82, 2.24) is 10.3 Å². The number of carboxylic acid groups (broad SMARTS) is 1. The van der Waals surface area contributed by atoms with Crippen molar-refractivity contribution >= 4 is 23.7 Å². The van der Waals surface area contributed by atoms with Crippen LogP contribution in [0.2, 0.25) is 0 Å². The van der Waals surface area contributed by atoms with Gasteiger partial charge in [0.1, 0.15) is 5.69 Å². The smallest absolute Gasteiger partial charge is 0.404 e. The lowest BCUT2D eigenvalue weighted by Crippen LogP contribution is -2.19. The SMILES string of the molecule is O=Cc1ncsc1-c1ccc(CNC(=O)O)cc1. The van der Waals surface area contributed by atoms with Crippen LogP contribution in [-0.4, -0.2) is 22.5 Å². The van der Waals surface area contributed by atoms with E-state index in [9.17, 15) is 9.59 Å². The van der Waals surface area contributed by atoms with Crippen LogP contribution in [0.5, 0.6) is 0 Å². The molecule has 0 aliphatic heterocycles. The molecule has 1 heterocycles. The number of benzene rings is 1. The van der Waals surface area contributed by atoms with Gasteiger partial charge >= 0.3 is 6.09 Å². The van der Waals surface area contributed by atoms with E-state index in [1.807, 2.05) is 24.3 Å². The minimum Gasteiger partial charge on any atom is -0.465 e. The Labute approximate surface area is 107 Å². The Balaban J connectivity index is 2.17. The molecule has 0 fully saturated rings. The summed E-state index contributed by atoms with van der Waals surface area (Å²) in [7, 11) is 0. The first-order valence-electron chi connectivity index (χ1n) is 5.15. The van der Waals surface area contributed by atoms with E-state index in [1.54, 1.807) is 5.51 Å². The molecule has 0 aliphatic carbocycles. The standard InChI is InChI=1S/C12H10N2O3S/c15-6-10-11(18-7-14-10)9-3-1-8(2-4-9)5-13-12(16)17/h1-4,6-7,13H,5H2,(H,16,17). The number of carbonyl (C=O) groups is 2. The summed E-state index contributed by atoms with van der Waals surface area (Å²) in [6.07, 6.45) is -0.323. The van der Waals surface area contributed by atoms with E-state index in [0.717, 1.165) is 22.3 Å². The highest BCUT2D eigenvalue weighted by Gasteiger charge is 2.07. The summed E-state index contributed by atoms with van der Waals surface area (Å²) in [6, 6.07) is 7.33. The van der Waals surface area contributed by atoms with Gasteiger partial charge in [-0.1, -0.05) is 24.3 Å². The largest absolute Gasteiger partial charge is 0.465 e. The molecule has 0 aliphatic rings. The maximum absolute atomic E-state index is 10.8. The molecule has 0 unspecified atom stereocenters. The number of nitrogens with zero attached hydrogens (tertiary/aromatic N) is 1. The Hall–Kier alpha value is -2.21. The maximum atomic E-state index is 10.8. The van der Waals surface area contributed by atoms with Gasteiger partial charge < -0.3 is 10.4 Å². The Bertz CT molecular complexity index is 563. The summed E-state index contributed by atoms with van der Waals surface area (Å²) in [5, 5.41) is 10.8. The van der Waals surface area contributed by atoms with Crippen LogP contribution in [-0.2, 0) is 6.54 Å². The number of hydrogen-bond acceptors (Lipinski definition) is 4. The molecule has 2 aromatic rings. The van der Waals surface area contributed by atoms with E-state index < -0.39 is 6.09 Å². The van der Waals surface area contributed by atoms with Gasteiger partial charge in [0.25, 0.3) is 0 Å². The number of nitrogens with one attached hydrogen (secondary N) is 1. The van der Waals surface area contributed by atoms with Gasteiger partial charge in [0, 0.05) is 6.54 Å². The second-order valence-corrected chi connectivity index (χ2v) is 4.39. The van der Waals surface area contributed by atoms with Crippen molar-refractivity contribution in [2.45, 2.75) is 6.54 Å². The molecule has 1 aromatic carbocycles. The number of thiazole rings is 1. The van der Waals surface area contributed by atoms with Crippen LogP contribution in [0.1, 0.15) is 16.1 Å². The average molecular weight is 262 g/mol. The van der Waals surface area contributed by atoms with Crippen molar-refractivity contribution in [2.24, 2.45) is 0 Å². The number of hydrogen-bond donors (Lipinski definition) is 2. The lowest BCUT2D eigenvalue weighted by molar-refractivity contribution is 0.112. The third-order valence-electron chi connectivity index (χ3n) is 2.37. The van der Waals surface area contributed by atoms with Crippen molar-refractivity contribution in [3.8, 4) is 10.4 Å².